The second-order valence-corrected chi connectivity index (χ2v) is 7.70. The number of fused-ring (bicyclic) bond motifs is 1. The van der Waals surface area contributed by atoms with Gasteiger partial charge in [0.15, 0.2) is 11.6 Å². The van der Waals surface area contributed by atoms with Crippen molar-refractivity contribution in [2.24, 2.45) is 4.99 Å². The fourth-order valence-corrected chi connectivity index (χ4v) is 3.65. The first-order valence-corrected chi connectivity index (χ1v) is 10.8. The molecule has 1 atom stereocenters. The van der Waals surface area contributed by atoms with Gasteiger partial charge in [0.2, 0.25) is 0 Å². The molecule has 31 heavy (non-hydrogen) atoms. The molecular formula is C23H30N6O2. The van der Waals surface area contributed by atoms with Crippen LogP contribution in [0.25, 0.3) is 5.65 Å². The third-order valence-electron chi connectivity index (χ3n) is 5.37. The van der Waals surface area contributed by atoms with Crippen LogP contribution in [-0.2, 0) is 17.7 Å². The maximum Gasteiger partial charge on any atom is 0.191 e. The summed E-state index contributed by atoms with van der Waals surface area (Å²) < 4.78 is 13.8. The number of benzene rings is 1. The summed E-state index contributed by atoms with van der Waals surface area (Å²) in [5.41, 5.74) is 3.12. The topological polar surface area (TPSA) is 85.1 Å². The van der Waals surface area contributed by atoms with Crippen molar-refractivity contribution in [1.82, 2.24) is 25.2 Å². The van der Waals surface area contributed by atoms with Crippen molar-refractivity contribution in [3.05, 3.63) is 59.5 Å². The summed E-state index contributed by atoms with van der Waals surface area (Å²) in [5.74, 6) is 2.55. The van der Waals surface area contributed by atoms with Crippen LogP contribution in [0.15, 0.2) is 47.6 Å². The van der Waals surface area contributed by atoms with E-state index < -0.39 is 0 Å². The van der Waals surface area contributed by atoms with E-state index in [9.17, 15) is 0 Å². The zero-order valence-corrected chi connectivity index (χ0v) is 18.2. The minimum absolute atomic E-state index is 0.198. The normalized spacial score (nSPS) is 16.6. The van der Waals surface area contributed by atoms with Crippen LogP contribution in [-0.4, -0.2) is 53.5 Å². The number of aromatic nitrogens is 3. The summed E-state index contributed by atoms with van der Waals surface area (Å²) in [5, 5.41) is 15.2. The molecule has 1 aliphatic rings. The molecule has 2 N–H and O–H groups in total. The van der Waals surface area contributed by atoms with Crippen molar-refractivity contribution < 1.29 is 9.47 Å². The maximum absolute atomic E-state index is 6.10. The molecule has 0 amide bonds. The van der Waals surface area contributed by atoms with Gasteiger partial charge in [-0.15, -0.1) is 10.2 Å². The monoisotopic (exact) mass is 422 g/mol. The molecule has 164 valence electrons. The number of pyridine rings is 1. The molecule has 1 aromatic carbocycles. The number of aliphatic imine (C=N–C) groups is 1. The molecule has 1 fully saturated rings. The first kappa shape index (κ1) is 21.1. The molecule has 1 unspecified atom stereocenters. The van der Waals surface area contributed by atoms with Crippen LogP contribution in [0, 0.1) is 6.92 Å². The van der Waals surface area contributed by atoms with Gasteiger partial charge in [-0.25, -0.2) is 0 Å². The molecule has 1 saturated heterocycles. The number of hydrogen-bond donors (Lipinski definition) is 2. The second kappa shape index (κ2) is 10.3. The van der Waals surface area contributed by atoms with Crippen molar-refractivity contribution in [3.8, 4) is 5.75 Å². The predicted octanol–water partition coefficient (Wildman–Crippen LogP) is 2.50. The summed E-state index contributed by atoms with van der Waals surface area (Å²) in [4.78, 5) is 4.33. The molecular weight excluding hydrogens is 392 g/mol. The number of aryl methyl sites for hydroxylation is 1. The van der Waals surface area contributed by atoms with Crippen molar-refractivity contribution >= 4 is 11.6 Å². The number of rotatable bonds is 8. The molecule has 0 radical (unpaired) electrons. The highest BCUT2D eigenvalue weighted by molar-refractivity contribution is 5.79. The van der Waals surface area contributed by atoms with E-state index in [2.05, 4.69) is 50.9 Å². The summed E-state index contributed by atoms with van der Waals surface area (Å²) in [6.45, 7) is 4.82. The minimum Gasteiger partial charge on any atom is -0.491 e. The zero-order valence-electron chi connectivity index (χ0n) is 18.2. The van der Waals surface area contributed by atoms with Crippen LogP contribution < -0.4 is 15.4 Å². The first-order valence-electron chi connectivity index (χ1n) is 10.8. The van der Waals surface area contributed by atoms with E-state index in [1.165, 1.54) is 5.56 Å². The minimum atomic E-state index is 0.198. The number of nitrogens with zero attached hydrogens (tertiary/aromatic N) is 4. The molecule has 0 spiro atoms. The quantitative estimate of drug-likeness (QED) is 0.429. The Kier molecular flexibility index (Phi) is 6.99. The highest BCUT2D eigenvalue weighted by atomic mass is 16.5. The van der Waals surface area contributed by atoms with Gasteiger partial charge < -0.3 is 20.1 Å². The van der Waals surface area contributed by atoms with Gasteiger partial charge in [0, 0.05) is 44.9 Å². The van der Waals surface area contributed by atoms with Gasteiger partial charge in [0.05, 0.1) is 6.10 Å². The van der Waals surface area contributed by atoms with E-state index in [0.717, 1.165) is 54.6 Å². The average Bonchev–Trinajstić information content (AvgIpc) is 3.46. The summed E-state index contributed by atoms with van der Waals surface area (Å²) in [6.07, 6.45) is 5.10. The highest BCUT2D eigenvalue weighted by Gasteiger charge is 2.17. The summed E-state index contributed by atoms with van der Waals surface area (Å²) in [7, 11) is 1.77. The Bertz CT molecular complexity index is 1030. The Morgan fingerprint density at radius 3 is 3.03 bits per heavy atom. The van der Waals surface area contributed by atoms with E-state index in [-0.39, 0.29) is 6.10 Å². The lowest BCUT2D eigenvalue weighted by molar-refractivity contribution is 0.0676. The molecule has 8 heteroatoms. The Labute approximate surface area is 182 Å². The second-order valence-electron chi connectivity index (χ2n) is 7.70. The summed E-state index contributed by atoms with van der Waals surface area (Å²) in [6, 6.07) is 12.2. The standard InChI is InChI=1S/C23H30N6O2/c1-17-8-9-18(20(14-17)31-16-19-6-5-13-30-19)15-26-23(24-2)25-11-10-22-28-27-21-7-3-4-12-29(21)22/h3-4,7-9,12,14,19H,5-6,10-11,13,15-16H2,1-2H3,(H2,24,25,26). The van der Waals surface area contributed by atoms with Crippen LogP contribution >= 0.6 is 0 Å². The summed E-state index contributed by atoms with van der Waals surface area (Å²) >= 11 is 0. The first-order chi connectivity index (χ1) is 15.2. The van der Waals surface area contributed by atoms with E-state index in [0.29, 0.717) is 19.7 Å². The highest BCUT2D eigenvalue weighted by Crippen LogP contribution is 2.22. The number of hydrogen-bond acceptors (Lipinski definition) is 5. The van der Waals surface area contributed by atoms with Gasteiger partial charge in [-0.2, -0.15) is 0 Å². The van der Waals surface area contributed by atoms with E-state index >= 15 is 0 Å². The molecule has 0 aliphatic carbocycles. The Balaban J connectivity index is 1.30. The van der Waals surface area contributed by atoms with Gasteiger partial charge >= 0.3 is 0 Å². The fourth-order valence-electron chi connectivity index (χ4n) is 3.65. The average molecular weight is 423 g/mol. The van der Waals surface area contributed by atoms with Crippen LogP contribution in [0.3, 0.4) is 0 Å². The zero-order chi connectivity index (χ0) is 21.5. The van der Waals surface area contributed by atoms with Crippen molar-refractivity contribution in [1.29, 1.82) is 0 Å². The van der Waals surface area contributed by atoms with Gasteiger partial charge in [0.25, 0.3) is 0 Å². The number of nitrogens with one attached hydrogen (secondary N) is 2. The van der Waals surface area contributed by atoms with Gasteiger partial charge in [-0.1, -0.05) is 18.2 Å². The van der Waals surface area contributed by atoms with Crippen LogP contribution in [0.2, 0.25) is 0 Å². The molecule has 2 aromatic heterocycles. The van der Waals surface area contributed by atoms with Crippen LogP contribution in [0.1, 0.15) is 29.8 Å². The molecule has 3 aromatic rings. The lowest BCUT2D eigenvalue weighted by Gasteiger charge is -2.17. The van der Waals surface area contributed by atoms with Gasteiger partial charge in [-0.05, 0) is 43.5 Å². The van der Waals surface area contributed by atoms with Crippen LogP contribution in [0.4, 0.5) is 0 Å². The smallest absolute Gasteiger partial charge is 0.191 e. The van der Waals surface area contributed by atoms with E-state index in [4.69, 9.17) is 9.47 Å². The van der Waals surface area contributed by atoms with Crippen molar-refractivity contribution in [2.45, 2.75) is 38.8 Å². The maximum atomic E-state index is 6.10. The molecule has 3 heterocycles. The van der Waals surface area contributed by atoms with Gasteiger partial charge in [-0.3, -0.25) is 9.39 Å². The Hall–Kier alpha value is -3.13. The number of ether oxygens (including phenoxy) is 2. The number of guanidine groups is 1. The molecule has 0 bridgehead atoms. The van der Waals surface area contributed by atoms with E-state index in [1.54, 1.807) is 7.05 Å². The predicted molar refractivity (Wildman–Crippen MR) is 121 cm³/mol. The Morgan fingerprint density at radius 2 is 2.19 bits per heavy atom. The lowest BCUT2D eigenvalue weighted by atomic mass is 10.1. The molecule has 8 nitrogen and oxygen atoms in total. The van der Waals surface area contributed by atoms with Crippen LogP contribution in [0.5, 0.6) is 5.75 Å². The fraction of sp³-hybridized carbons (Fsp3) is 0.435. The van der Waals surface area contributed by atoms with Crippen molar-refractivity contribution in [2.75, 3.05) is 26.8 Å². The Morgan fingerprint density at radius 1 is 1.26 bits per heavy atom. The van der Waals surface area contributed by atoms with Gasteiger partial charge in [0.1, 0.15) is 18.2 Å². The molecule has 0 saturated carbocycles. The SMILES string of the molecule is CN=C(NCCc1nnc2ccccn12)NCc1ccc(C)cc1OCC1CCCO1. The third kappa shape index (κ3) is 5.52. The lowest BCUT2D eigenvalue weighted by Crippen LogP contribution is -2.38. The van der Waals surface area contributed by atoms with E-state index in [1.807, 2.05) is 28.8 Å². The van der Waals surface area contributed by atoms with Crippen molar-refractivity contribution in [3.63, 3.8) is 0 Å². The largest absolute Gasteiger partial charge is 0.491 e. The molecule has 1 aliphatic heterocycles. The molecule has 4 rings (SSSR count). The third-order valence-corrected chi connectivity index (χ3v) is 5.37.